The number of hydrogen-bond acceptors (Lipinski definition) is 4. The largest absolute Gasteiger partial charge is 0.352 e. The SMILES string of the molecule is Cc1ccc(Cn2c(C(C)Nc3nc(C)cs3)nc3cc(Cl)c(Cl)cc32)cc1. The Morgan fingerprint density at radius 1 is 1.07 bits per heavy atom. The second-order valence-corrected chi connectivity index (χ2v) is 8.63. The van der Waals surface area contributed by atoms with Crippen molar-refractivity contribution in [2.24, 2.45) is 0 Å². The third-order valence-corrected chi connectivity index (χ3v) is 6.24. The monoisotopic (exact) mass is 430 g/mol. The Bertz CT molecular complexity index is 1130. The van der Waals surface area contributed by atoms with Gasteiger partial charge in [-0.05, 0) is 38.5 Å². The summed E-state index contributed by atoms with van der Waals surface area (Å²) in [6, 6.07) is 12.2. The van der Waals surface area contributed by atoms with Gasteiger partial charge in [-0.3, -0.25) is 0 Å². The third-order valence-electron chi connectivity index (χ3n) is 4.63. The van der Waals surface area contributed by atoms with Gasteiger partial charge in [-0.2, -0.15) is 0 Å². The van der Waals surface area contributed by atoms with Crippen molar-refractivity contribution >= 4 is 50.7 Å². The molecule has 2 aromatic heterocycles. The normalized spacial score (nSPS) is 12.5. The van der Waals surface area contributed by atoms with Crippen LogP contribution in [0.5, 0.6) is 0 Å². The summed E-state index contributed by atoms with van der Waals surface area (Å²) in [5.74, 6) is 0.918. The highest BCUT2D eigenvalue weighted by molar-refractivity contribution is 7.13. The van der Waals surface area contributed by atoms with Crippen LogP contribution >= 0.6 is 34.5 Å². The van der Waals surface area contributed by atoms with E-state index in [4.69, 9.17) is 28.2 Å². The molecule has 0 amide bonds. The molecule has 0 spiro atoms. The second-order valence-electron chi connectivity index (χ2n) is 6.96. The van der Waals surface area contributed by atoms with Gasteiger partial charge in [-0.25, -0.2) is 9.97 Å². The van der Waals surface area contributed by atoms with Gasteiger partial charge in [-0.1, -0.05) is 53.0 Å². The van der Waals surface area contributed by atoms with Crippen molar-refractivity contribution in [3.63, 3.8) is 0 Å². The molecule has 4 nitrogen and oxygen atoms in total. The molecule has 1 atom stereocenters. The maximum absolute atomic E-state index is 6.31. The number of halogens is 2. The lowest BCUT2D eigenvalue weighted by atomic mass is 10.1. The highest BCUT2D eigenvalue weighted by atomic mass is 35.5. The number of nitrogens with one attached hydrogen (secondary N) is 1. The number of anilines is 1. The van der Waals surface area contributed by atoms with Crippen LogP contribution in [0.4, 0.5) is 5.13 Å². The molecule has 2 aromatic carbocycles. The number of imidazole rings is 1. The molecule has 0 aliphatic rings. The molecule has 0 aliphatic carbocycles. The van der Waals surface area contributed by atoms with Gasteiger partial charge >= 0.3 is 0 Å². The van der Waals surface area contributed by atoms with E-state index in [0.29, 0.717) is 16.6 Å². The van der Waals surface area contributed by atoms with Gasteiger partial charge in [0, 0.05) is 11.9 Å². The van der Waals surface area contributed by atoms with Crippen LogP contribution in [0.3, 0.4) is 0 Å². The highest BCUT2D eigenvalue weighted by Crippen LogP contribution is 2.31. The molecule has 144 valence electrons. The van der Waals surface area contributed by atoms with E-state index < -0.39 is 0 Å². The van der Waals surface area contributed by atoms with Gasteiger partial charge in [-0.15, -0.1) is 11.3 Å². The van der Waals surface area contributed by atoms with E-state index >= 15 is 0 Å². The number of aryl methyl sites for hydroxylation is 2. The van der Waals surface area contributed by atoms with Crippen LogP contribution in [0.2, 0.25) is 10.0 Å². The lowest BCUT2D eigenvalue weighted by Gasteiger charge is -2.16. The molecule has 7 heteroatoms. The first-order valence-corrected chi connectivity index (χ1v) is 10.6. The molecular weight excluding hydrogens is 411 g/mol. The van der Waals surface area contributed by atoms with E-state index in [1.165, 1.54) is 11.1 Å². The quantitative estimate of drug-likeness (QED) is 0.385. The highest BCUT2D eigenvalue weighted by Gasteiger charge is 2.19. The van der Waals surface area contributed by atoms with E-state index in [-0.39, 0.29) is 6.04 Å². The van der Waals surface area contributed by atoms with Crippen LogP contribution in [-0.4, -0.2) is 14.5 Å². The predicted octanol–water partition coefficient (Wildman–Crippen LogP) is 6.64. The van der Waals surface area contributed by atoms with Gasteiger partial charge in [0.1, 0.15) is 5.82 Å². The van der Waals surface area contributed by atoms with Crippen LogP contribution in [0.25, 0.3) is 11.0 Å². The number of rotatable bonds is 5. The topological polar surface area (TPSA) is 42.7 Å². The predicted molar refractivity (Wildman–Crippen MR) is 119 cm³/mol. The average molecular weight is 431 g/mol. The van der Waals surface area contributed by atoms with Crippen LogP contribution in [-0.2, 0) is 6.54 Å². The van der Waals surface area contributed by atoms with Crippen LogP contribution < -0.4 is 5.32 Å². The van der Waals surface area contributed by atoms with Gasteiger partial charge in [0.05, 0.1) is 32.8 Å². The summed E-state index contributed by atoms with van der Waals surface area (Å²) < 4.78 is 2.19. The fourth-order valence-electron chi connectivity index (χ4n) is 3.18. The molecule has 28 heavy (non-hydrogen) atoms. The van der Waals surface area contributed by atoms with Gasteiger partial charge in [0.25, 0.3) is 0 Å². The molecule has 1 unspecified atom stereocenters. The summed E-state index contributed by atoms with van der Waals surface area (Å²) in [4.78, 5) is 9.38. The summed E-state index contributed by atoms with van der Waals surface area (Å²) in [6.45, 7) is 6.87. The molecule has 0 aliphatic heterocycles. The van der Waals surface area contributed by atoms with Crippen LogP contribution in [0.15, 0.2) is 41.8 Å². The molecule has 0 saturated heterocycles. The summed E-state index contributed by atoms with van der Waals surface area (Å²) in [6.07, 6.45) is 0. The Morgan fingerprint density at radius 3 is 2.46 bits per heavy atom. The summed E-state index contributed by atoms with van der Waals surface area (Å²) in [5, 5.41) is 7.42. The van der Waals surface area contributed by atoms with Crippen molar-refractivity contribution in [3.8, 4) is 0 Å². The lowest BCUT2D eigenvalue weighted by Crippen LogP contribution is -2.14. The third kappa shape index (κ3) is 3.88. The Morgan fingerprint density at radius 2 is 1.79 bits per heavy atom. The maximum atomic E-state index is 6.31. The van der Waals surface area contributed by atoms with Gasteiger partial charge < -0.3 is 9.88 Å². The maximum Gasteiger partial charge on any atom is 0.183 e. The molecule has 0 radical (unpaired) electrons. The van der Waals surface area contributed by atoms with E-state index in [0.717, 1.165) is 27.7 Å². The zero-order valence-electron chi connectivity index (χ0n) is 15.8. The van der Waals surface area contributed by atoms with Crippen molar-refractivity contribution in [2.75, 3.05) is 5.32 Å². The fourth-order valence-corrected chi connectivity index (χ4v) is 4.27. The lowest BCUT2D eigenvalue weighted by molar-refractivity contribution is 0.691. The Kier molecular flexibility index (Phi) is 5.32. The number of nitrogens with zero attached hydrogens (tertiary/aromatic N) is 3. The molecule has 4 aromatic rings. The first-order valence-electron chi connectivity index (χ1n) is 9.00. The van der Waals surface area contributed by atoms with Gasteiger partial charge in [0.15, 0.2) is 5.13 Å². The molecular formula is C21H20Cl2N4S. The first-order chi connectivity index (χ1) is 13.4. The molecule has 4 rings (SSSR count). The molecule has 0 fully saturated rings. The molecule has 2 heterocycles. The molecule has 0 saturated carbocycles. The molecule has 1 N–H and O–H groups in total. The Balaban J connectivity index is 1.78. The van der Waals surface area contributed by atoms with Crippen molar-refractivity contribution < 1.29 is 0 Å². The first kappa shape index (κ1) is 19.2. The number of thiazole rings is 1. The standard InChI is InChI=1S/C21H20Cl2N4S/c1-12-4-6-15(7-5-12)10-27-19-9-17(23)16(22)8-18(19)26-20(27)14(3)25-21-24-13(2)11-28-21/h4-9,11,14H,10H2,1-3H3,(H,24,25). The molecule has 0 bridgehead atoms. The number of fused-ring (bicyclic) bond motifs is 1. The van der Waals surface area contributed by atoms with E-state index in [1.807, 2.05) is 24.4 Å². The van der Waals surface area contributed by atoms with Crippen molar-refractivity contribution in [3.05, 3.63) is 74.5 Å². The average Bonchev–Trinajstić information content (AvgIpc) is 3.21. The van der Waals surface area contributed by atoms with E-state index in [9.17, 15) is 0 Å². The van der Waals surface area contributed by atoms with Gasteiger partial charge in [0.2, 0.25) is 0 Å². The number of benzene rings is 2. The van der Waals surface area contributed by atoms with Crippen molar-refractivity contribution in [1.82, 2.24) is 14.5 Å². The Hall–Kier alpha value is -2.08. The zero-order valence-corrected chi connectivity index (χ0v) is 18.2. The van der Waals surface area contributed by atoms with E-state index in [2.05, 4.69) is 53.0 Å². The second kappa shape index (κ2) is 7.74. The Labute approximate surface area is 178 Å². The minimum atomic E-state index is -0.0269. The minimum Gasteiger partial charge on any atom is -0.352 e. The zero-order chi connectivity index (χ0) is 19.8. The number of aromatic nitrogens is 3. The smallest absolute Gasteiger partial charge is 0.183 e. The number of hydrogen-bond donors (Lipinski definition) is 1. The fraction of sp³-hybridized carbons (Fsp3) is 0.238. The van der Waals surface area contributed by atoms with Crippen LogP contribution in [0.1, 0.15) is 35.6 Å². The summed E-state index contributed by atoms with van der Waals surface area (Å²) in [7, 11) is 0. The van der Waals surface area contributed by atoms with Crippen LogP contribution in [0, 0.1) is 13.8 Å². The van der Waals surface area contributed by atoms with Crippen molar-refractivity contribution in [1.29, 1.82) is 0 Å². The minimum absolute atomic E-state index is 0.0269. The summed E-state index contributed by atoms with van der Waals surface area (Å²) in [5.41, 5.74) is 5.25. The summed E-state index contributed by atoms with van der Waals surface area (Å²) >= 11 is 14.1. The van der Waals surface area contributed by atoms with E-state index in [1.54, 1.807) is 11.3 Å². The van der Waals surface area contributed by atoms with Crippen molar-refractivity contribution in [2.45, 2.75) is 33.4 Å².